The molecular weight excluding hydrogens is 354 g/mol. The van der Waals surface area contributed by atoms with Gasteiger partial charge in [-0.25, -0.2) is 4.79 Å². The third-order valence-corrected chi connectivity index (χ3v) is 4.96. The average molecular weight is 372 g/mol. The van der Waals surface area contributed by atoms with Crippen molar-refractivity contribution in [3.63, 3.8) is 0 Å². The van der Waals surface area contributed by atoms with Gasteiger partial charge < -0.3 is 4.57 Å². The van der Waals surface area contributed by atoms with Crippen molar-refractivity contribution in [3.05, 3.63) is 67.6 Å². The minimum absolute atomic E-state index is 0.180. The highest BCUT2D eigenvalue weighted by Gasteiger charge is 2.19. The zero-order valence-corrected chi connectivity index (χ0v) is 15.5. The van der Waals surface area contributed by atoms with Crippen LogP contribution >= 0.6 is 11.6 Å². The third kappa shape index (κ3) is 2.31. The Hall–Kier alpha value is -2.80. The number of fused-ring (bicyclic) bond motifs is 3. The number of hydrogen-bond acceptors (Lipinski definition) is 3. The summed E-state index contributed by atoms with van der Waals surface area (Å²) in [5, 5.41) is 0.610. The lowest BCUT2D eigenvalue weighted by Crippen LogP contribution is -2.39. The van der Waals surface area contributed by atoms with Crippen LogP contribution in [0.2, 0.25) is 5.02 Å². The quantitative estimate of drug-likeness (QED) is 0.554. The summed E-state index contributed by atoms with van der Waals surface area (Å²) in [5.74, 6) is 0.663. The number of imidazole rings is 2. The number of hydrogen-bond donors (Lipinski definition) is 0. The summed E-state index contributed by atoms with van der Waals surface area (Å²) in [6, 6.07) is 7.10. The number of aryl methyl sites for hydroxylation is 3. The largest absolute Gasteiger partial charge is 0.332 e. The van der Waals surface area contributed by atoms with E-state index in [4.69, 9.17) is 11.6 Å². The van der Waals surface area contributed by atoms with Gasteiger partial charge in [-0.2, -0.15) is 4.98 Å². The van der Waals surface area contributed by atoms with E-state index in [1.165, 1.54) is 9.13 Å². The molecule has 1 aromatic carbocycles. The van der Waals surface area contributed by atoms with E-state index in [1.54, 1.807) is 23.6 Å². The maximum atomic E-state index is 13.1. The highest BCUT2D eigenvalue weighted by Crippen LogP contribution is 2.16. The second-order valence-corrected chi connectivity index (χ2v) is 6.76. The molecule has 8 heteroatoms. The van der Waals surface area contributed by atoms with E-state index in [9.17, 15) is 9.59 Å². The van der Waals surface area contributed by atoms with E-state index in [-0.39, 0.29) is 12.1 Å². The fourth-order valence-electron chi connectivity index (χ4n) is 3.36. The number of nitrogens with zero attached hydrogens (tertiary/aromatic N) is 5. The molecule has 0 aliphatic carbocycles. The predicted molar refractivity (Wildman–Crippen MR) is 101 cm³/mol. The molecule has 4 aromatic rings. The van der Waals surface area contributed by atoms with Crippen LogP contribution in [0.5, 0.6) is 0 Å². The first-order valence-corrected chi connectivity index (χ1v) is 8.72. The van der Waals surface area contributed by atoms with Crippen LogP contribution in [0.4, 0.5) is 0 Å². The Kier molecular flexibility index (Phi) is 3.77. The Morgan fingerprint density at radius 3 is 2.46 bits per heavy atom. The number of rotatable bonds is 3. The first-order chi connectivity index (χ1) is 12.4. The van der Waals surface area contributed by atoms with Gasteiger partial charge in [0.1, 0.15) is 0 Å². The topological polar surface area (TPSA) is 66.2 Å². The fraction of sp³-hybridized carbons (Fsp3) is 0.278. The van der Waals surface area contributed by atoms with Crippen molar-refractivity contribution < 1.29 is 0 Å². The third-order valence-electron chi connectivity index (χ3n) is 4.71. The molecule has 0 aliphatic heterocycles. The van der Waals surface area contributed by atoms with Crippen molar-refractivity contribution >= 4 is 28.5 Å². The summed E-state index contributed by atoms with van der Waals surface area (Å²) >= 11 is 5.91. The molecular formula is C18H18ClN5O2. The van der Waals surface area contributed by atoms with Crippen molar-refractivity contribution in [3.8, 4) is 0 Å². The van der Waals surface area contributed by atoms with Crippen molar-refractivity contribution in [2.24, 2.45) is 7.05 Å². The van der Waals surface area contributed by atoms with Crippen LogP contribution in [0.1, 0.15) is 18.2 Å². The lowest BCUT2D eigenvalue weighted by atomic mass is 10.2. The van der Waals surface area contributed by atoms with Crippen LogP contribution in [0.25, 0.3) is 16.9 Å². The van der Waals surface area contributed by atoms with Crippen LogP contribution in [0.15, 0.2) is 40.1 Å². The van der Waals surface area contributed by atoms with Gasteiger partial charge in [0.15, 0.2) is 11.2 Å². The van der Waals surface area contributed by atoms with E-state index in [2.05, 4.69) is 4.98 Å². The van der Waals surface area contributed by atoms with E-state index >= 15 is 0 Å². The smallest absolute Gasteiger partial charge is 0.314 e. The molecule has 0 unspecified atom stereocenters. The lowest BCUT2D eigenvalue weighted by molar-refractivity contribution is 0.656. The average Bonchev–Trinajstić information content (AvgIpc) is 3.12. The molecule has 0 spiro atoms. The van der Waals surface area contributed by atoms with Gasteiger partial charge in [-0.3, -0.25) is 18.3 Å². The molecule has 3 aromatic heterocycles. The minimum Gasteiger partial charge on any atom is -0.314 e. The van der Waals surface area contributed by atoms with Crippen molar-refractivity contribution in [2.45, 2.75) is 26.9 Å². The van der Waals surface area contributed by atoms with Crippen LogP contribution in [0.3, 0.4) is 0 Å². The molecule has 0 saturated heterocycles. The standard InChI is InChI=1S/C18H18ClN5O2/c1-4-22-11(2)9-23-14-15(20-17(22)23)21(3)18(26)24(16(14)25)10-12-5-7-13(19)8-6-12/h5-9H,4,10H2,1-3H3. The molecule has 0 fully saturated rings. The first-order valence-electron chi connectivity index (χ1n) is 8.34. The molecule has 3 heterocycles. The van der Waals surface area contributed by atoms with Crippen molar-refractivity contribution in [1.82, 2.24) is 23.1 Å². The summed E-state index contributed by atoms with van der Waals surface area (Å²) in [4.78, 5) is 30.4. The molecule has 0 saturated carbocycles. The SMILES string of the molecule is CCn1c(C)cn2c3c(=O)n(Cc4ccc(Cl)cc4)c(=O)n(C)c3nc12. The molecule has 26 heavy (non-hydrogen) atoms. The molecule has 0 bridgehead atoms. The Morgan fingerprint density at radius 1 is 1.12 bits per heavy atom. The Morgan fingerprint density at radius 2 is 1.81 bits per heavy atom. The van der Waals surface area contributed by atoms with Gasteiger partial charge in [-0.15, -0.1) is 0 Å². The van der Waals surface area contributed by atoms with Crippen molar-refractivity contribution in [1.29, 1.82) is 0 Å². The Balaban J connectivity index is 2.02. The molecule has 7 nitrogen and oxygen atoms in total. The van der Waals surface area contributed by atoms with E-state index < -0.39 is 5.69 Å². The fourth-order valence-corrected chi connectivity index (χ4v) is 3.48. The normalized spacial score (nSPS) is 11.7. The van der Waals surface area contributed by atoms with Gasteiger partial charge >= 0.3 is 5.69 Å². The van der Waals surface area contributed by atoms with Gasteiger partial charge in [0.05, 0.1) is 6.54 Å². The Bertz CT molecular complexity index is 1260. The molecule has 134 valence electrons. The van der Waals surface area contributed by atoms with Crippen LogP contribution < -0.4 is 11.2 Å². The van der Waals surface area contributed by atoms with E-state index in [0.29, 0.717) is 22.0 Å². The molecule has 4 rings (SSSR count). The number of benzene rings is 1. The molecule has 0 N–H and O–H groups in total. The lowest BCUT2D eigenvalue weighted by Gasteiger charge is -2.08. The zero-order chi connectivity index (χ0) is 18.6. The Labute approximate surface area is 153 Å². The maximum Gasteiger partial charge on any atom is 0.332 e. The zero-order valence-electron chi connectivity index (χ0n) is 14.7. The van der Waals surface area contributed by atoms with Gasteiger partial charge in [0, 0.05) is 30.5 Å². The second-order valence-electron chi connectivity index (χ2n) is 6.33. The first kappa shape index (κ1) is 16.7. The van der Waals surface area contributed by atoms with Gasteiger partial charge in [0.2, 0.25) is 5.78 Å². The van der Waals surface area contributed by atoms with Gasteiger partial charge in [-0.1, -0.05) is 23.7 Å². The van der Waals surface area contributed by atoms with Crippen molar-refractivity contribution in [2.75, 3.05) is 0 Å². The number of halogens is 1. The van der Waals surface area contributed by atoms with Gasteiger partial charge in [0.25, 0.3) is 5.56 Å². The summed E-state index contributed by atoms with van der Waals surface area (Å²) in [5.41, 5.74) is 1.90. The van der Waals surface area contributed by atoms with E-state index in [0.717, 1.165) is 17.8 Å². The molecule has 0 amide bonds. The van der Waals surface area contributed by atoms with Gasteiger partial charge in [-0.05, 0) is 31.5 Å². The second kappa shape index (κ2) is 5.88. The molecule has 0 aliphatic rings. The highest BCUT2D eigenvalue weighted by atomic mass is 35.5. The predicted octanol–water partition coefficient (Wildman–Crippen LogP) is 2.18. The summed E-state index contributed by atoms with van der Waals surface area (Å²) < 4.78 is 6.44. The maximum absolute atomic E-state index is 13.1. The van der Waals surface area contributed by atoms with Crippen LogP contribution in [0, 0.1) is 6.92 Å². The summed E-state index contributed by atoms with van der Waals surface area (Å²) in [7, 11) is 1.64. The molecule has 0 atom stereocenters. The monoisotopic (exact) mass is 371 g/mol. The minimum atomic E-state index is -0.391. The molecule has 0 radical (unpaired) electrons. The summed E-state index contributed by atoms with van der Waals surface area (Å²) in [6.45, 7) is 4.90. The van der Waals surface area contributed by atoms with Crippen LogP contribution in [-0.2, 0) is 20.1 Å². The van der Waals surface area contributed by atoms with Crippen LogP contribution in [-0.4, -0.2) is 23.1 Å². The summed E-state index contributed by atoms with van der Waals surface area (Å²) in [6.07, 6.45) is 1.88. The van der Waals surface area contributed by atoms with E-state index in [1.807, 2.05) is 36.7 Å². The number of aromatic nitrogens is 5. The highest BCUT2D eigenvalue weighted by molar-refractivity contribution is 6.30.